The maximum atomic E-state index is 12.9. The number of esters is 1. The number of fused-ring (bicyclic) bond motifs is 4. The van der Waals surface area contributed by atoms with Gasteiger partial charge in [-0.05, 0) is 58.7 Å². The van der Waals surface area contributed by atoms with Gasteiger partial charge in [0.15, 0.2) is 5.13 Å². The summed E-state index contributed by atoms with van der Waals surface area (Å²) in [7, 11) is 1.75. The van der Waals surface area contributed by atoms with Crippen molar-refractivity contribution in [1.29, 1.82) is 0 Å². The highest BCUT2D eigenvalue weighted by Crippen LogP contribution is 2.52. The molecule has 38 heavy (non-hydrogen) atoms. The second-order valence-electron chi connectivity index (χ2n) is 10.8. The fourth-order valence-electron chi connectivity index (χ4n) is 6.21. The number of thiazole rings is 1. The molecule has 2 aliphatic carbocycles. The van der Waals surface area contributed by atoms with E-state index in [1.807, 2.05) is 6.92 Å². The predicted molar refractivity (Wildman–Crippen MR) is 135 cm³/mol. The molecule has 1 saturated carbocycles. The van der Waals surface area contributed by atoms with Crippen molar-refractivity contribution in [1.82, 2.24) is 9.88 Å². The predicted octanol–water partition coefficient (Wildman–Crippen LogP) is 4.49. The number of aromatic nitrogens is 1. The smallest absolute Gasteiger partial charge is 0.461 e. The van der Waals surface area contributed by atoms with Crippen LogP contribution >= 0.6 is 11.3 Å². The molecule has 1 aliphatic heterocycles. The number of allylic oxidation sites excluding steroid dienone is 1. The van der Waals surface area contributed by atoms with Crippen LogP contribution in [0.2, 0.25) is 0 Å². The number of amides is 1. The molecule has 0 radical (unpaired) electrons. The molecule has 0 bridgehead atoms. The Morgan fingerprint density at radius 3 is 2.87 bits per heavy atom. The fraction of sp³-hybridized carbons (Fsp3) is 0.577. The molecule has 0 unspecified atom stereocenters. The number of halogens is 3. The number of likely N-dealkylation sites (N-methyl/N-ethyl adjacent to an activating group) is 1. The minimum Gasteiger partial charge on any atom is -0.461 e. The largest absolute Gasteiger partial charge is 0.573 e. The molecular weight excluding hydrogens is 523 g/mol. The minimum atomic E-state index is -4.80. The quantitative estimate of drug-likeness (QED) is 0.402. The number of hydrogen-bond donors (Lipinski definition) is 2. The lowest BCUT2D eigenvalue weighted by atomic mass is 9.77. The van der Waals surface area contributed by atoms with Crippen LogP contribution < -0.4 is 10.1 Å². The Morgan fingerprint density at radius 1 is 1.37 bits per heavy atom. The number of nitrogens with one attached hydrogen (secondary N) is 1. The van der Waals surface area contributed by atoms with E-state index >= 15 is 0 Å². The van der Waals surface area contributed by atoms with Gasteiger partial charge in [-0.15, -0.1) is 13.2 Å². The average molecular weight is 554 g/mol. The first kappa shape index (κ1) is 26.9. The molecule has 1 amide bonds. The summed E-state index contributed by atoms with van der Waals surface area (Å²) in [5.41, 5.74) is 2.02. The van der Waals surface area contributed by atoms with Gasteiger partial charge in [0, 0.05) is 24.4 Å². The van der Waals surface area contributed by atoms with E-state index in [9.17, 15) is 27.9 Å². The number of nitrogens with zero attached hydrogens (tertiary/aromatic N) is 2. The number of anilines is 1. The molecule has 206 valence electrons. The third kappa shape index (κ3) is 5.39. The van der Waals surface area contributed by atoms with Gasteiger partial charge in [0.1, 0.15) is 11.9 Å². The van der Waals surface area contributed by atoms with Crippen LogP contribution in [0.3, 0.4) is 0 Å². The van der Waals surface area contributed by atoms with Gasteiger partial charge in [-0.3, -0.25) is 14.5 Å². The number of hydrogen-bond acceptors (Lipinski definition) is 8. The van der Waals surface area contributed by atoms with Crippen molar-refractivity contribution in [2.75, 3.05) is 25.5 Å². The summed E-state index contributed by atoms with van der Waals surface area (Å²) in [4.78, 5) is 31.6. The molecule has 2 N–H and O–H groups in total. The van der Waals surface area contributed by atoms with Crippen LogP contribution in [0.5, 0.6) is 5.75 Å². The van der Waals surface area contributed by atoms with Gasteiger partial charge in [0.25, 0.3) is 0 Å². The van der Waals surface area contributed by atoms with E-state index in [4.69, 9.17) is 4.74 Å². The molecule has 5 rings (SSSR count). The topological polar surface area (TPSA) is 101 Å². The van der Waals surface area contributed by atoms with Crippen molar-refractivity contribution >= 4 is 38.6 Å². The van der Waals surface area contributed by atoms with Gasteiger partial charge >= 0.3 is 12.3 Å². The first-order chi connectivity index (χ1) is 17.8. The molecule has 1 aromatic carbocycles. The zero-order valence-corrected chi connectivity index (χ0v) is 22.1. The minimum absolute atomic E-state index is 0.0107. The number of ether oxygens (including phenoxy) is 2. The standard InChI is InChI=1S/C26H30F3N3O5S/c1-13-4-6-16-17(23(34)36-22(16)21-15(13)8-9-25(21,2)35)11-32(3)12-20(33)31-24-30-18-7-5-14(10-19(18)38-24)37-26(27,28)29/h5,7,10,16-17,21-22,35H,4,6,8-9,11-12H2,1-3H3,(H,30,31,33)/t16-,17-,21-,22-,25+/m0/s1. The van der Waals surface area contributed by atoms with Crippen LogP contribution in [0.4, 0.5) is 18.3 Å². The Hall–Kier alpha value is -2.70. The van der Waals surface area contributed by atoms with E-state index in [2.05, 4.69) is 22.0 Å². The normalized spacial score (nSPS) is 29.3. The molecule has 2 fully saturated rings. The maximum absolute atomic E-state index is 12.9. The van der Waals surface area contributed by atoms with Gasteiger partial charge in [-0.2, -0.15) is 0 Å². The van der Waals surface area contributed by atoms with Crippen molar-refractivity contribution in [3.63, 3.8) is 0 Å². The highest BCUT2D eigenvalue weighted by Gasteiger charge is 2.56. The third-order valence-electron chi connectivity index (χ3n) is 7.93. The summed E-state index contributed by atoms with van der Waals surface area (Å²) < 4.78 is 47.7. The summed E-state index contributed by atoms with van der Waals surface area (Å²) in [5, 5.41) is 14.0. The maximum Gasteiger partial charge on any atom is 0.573 e. The molecule has 0 spiro atoms. The van der Waals surface area contributed by atoms with Gasteiger partial charge in [0.2, 0.25) is 5.91 Å². The Kier molecular flexibility index (Phi) is 6.93. The number of alkyl halides is 3. The lowest BCUT2D eigenvalue weighted by molar-refractivity contribution is -0.274. The fourth-order valence-corrected chi connectivity index (χ4v) is 7.12. The van der Waals surface area contributed by atoms with E-state index < -0.39 is 17.9 Å². The number of rotatable bonds is 6. The Bertz CT molecular complexity index is 1290. The van der Waals surface area contributed by atoms with Crippen LogP contribution in [0.1, 0.15) is 39.5 Å². The summed E-state index contributed by atoms with van der Waals surface area (Å²) in [6, 6.07) is 3.79. The van der Waals surface area contributed by atoms with Crippen LogP contribution in [0, 0.1) is 17.8 Å². The Labute approximate surface area is 221 Å². The lowest BCUT2D eigenvalue weighted by Gasteiger charge is -2.33. The Balaban J connectivity index is 1.21. The van der Waals surface area contributed by atoms with Crippen molar-refractivity contribution < 1.29 is 37.3 Å². The zero-order chi connectivity index (χ0) is 27.4. The highest BCUT2D eigenvalue weighted by molar-refractivity contribution is 7.22. The zero-order valence-electron chi connectivity index (χ0n) is 21.3. The first-order valence-corrected chi connectivity index (χ1v) is 13.4. The average Bonchev–Trinajstić information content (AvgIpc) is 3.39. The number of carbonyl (C=O) groups excluding carboxylic acids is 2. The van der Waals surface area contributed by atoms with Crippen molar-refractivity contribution in [2.45, 2.75) is 57.6 Å². The number of benzene rings is 1. The van der Waals surface area contributed by atoms with Gasteiger partial charge in [-0.25, -0.2) is 4.98 Å². The van der Waals surface area contributed by atoms with Gasteiger partial charge < -0.3 is 19.9 Å². The molecule has 1 saturated heterocycles. The van der Waals surface area contributed by atoms with Crippen LogP contribution in [0.25, 0.3) is 10.2 Å². The summed E-state index contributed by atoms with van der Waals surface area (Å²) >= 11 is 1.04. The van der Waals surface area contributed by atoms with Gasteiger partial charge in [0.05, 0.1) is 28.3 Å². The summed E-state index contributed by atoms with van der Waals surface area (Å²) in [6.45, 7) is 4.24. The summed E-state index contributed by atoms with van der Waals surface area (Å²) in [5.74, 6) is -1.66. The van der Waals surface area contributed by atoms with E-state index in [0.29, 0.717) is 23.2 Å². The van der Waals surface area contributed by atoms with Gasteiger partial charge in [-0.1, -0.05) is 22.5 Å². The van der Waals surface area contributed by atoms with Crippen molar-refractivity contribution in [3.8, 4) is 5.75 Å². The van der Waals surface area contributed by atoms with E-state index in [-0.39, 0.29) is 47.2 Å². The van der Waals surface area contributed by atoms with Crippen LogP contribution in [0.15, 0.2) is 29.3 Å². The molecule has 2 heterocycles. The molecule has 12 heteroatoms. The second-order valence-corrected chi connectivity index (χ2v) is 11.8. The molecule has 1 aromatic heterocycles. The molecule has 3 aliphatic rings. The molecule has 8 nitrogen and oxygen atoms in total. The SMILES string of the molecule is CC1=C2CC[C@@](C)(O)[C@@H]2[C@H]2OC(=O)[C@@H](CN(C)CC(=O)Nc3nc4ccc(OC(F)(F)F)cc4s3)[C@@H]2CC1. The number of carbonyl (C=O) groups is 2. The third-order valence-corrected chi connectivity index (χ3v) is 8.86. The van der Waals surface area contributed by atoms with Crippen LogP contribution in [-0.2, 0) is 14.3 Å². The highest BCUT2D eigenvalue weighted by atomic mass is 32.1. The van der Waals surface area contributed by atoms with Crippen LogP contribution in [-0.4, -0.2) is 65.1 Å². The molecule has 5 atom stereocenters. The van der Waals surface area contributed by atoms with Crippen molar-refractivity contribution in [2.24, 2.45) is 17.8 Å². The number of aliphatic hydroxyl groups is 1. The lowest BCUT2D eigenvalue weighted by Crippen LogP contribution is -2.42. The molecule has 2 aromatic rings. The monoisotopic (exact) mass is 553 g/mol. The second kappa shape index (κ2) is 9.80. The Morgan fingerprint density at radius 2 is 2.13 bits per heavy atom. The van der Waals surface area contributed by atoms with E-state index in [0.717, 1.165) is 30.6 Å². The van der Waals surface area contributed by atoms with E-state index in [1.165, 1.54) is 29.3 Å². The summed E-state index contributed by atoms with van der Waals surface area (Å²) in [6.07, 6.45) is -2.05. The van der Waals surface area contributed by atoms with E-state index in [1.54, 1.807) is 11.9 Å². The first-order valence-electron chi connectivity index (χ1n) is 12.6. The van der Waals surface area contributed by atoms with Crippen molar-refractivity contribution in [3.05, 3.63) is 29.3 Å². The molecular formula is C26H30F3N3O5S.